The summed E-state index contributed by atoms with van der Waals surface area (Å²) in [4.78, 5) is 0. The van der Waals surface area contributed by atoms with E-state index in [1.807, 2.05) is 0 Å². The molecule has 0 aliphatic rings. The Morgan fingerprint density at radius 2 is 1.64 bits per heavy atom. The fourth-order valence-electron chi connectivity index (χ4n) is 0.655. The predicted octanol–water partition coefficient (Wildman–Crippen LogP) is 0.188. The van der Waals surface area contributed by atoms with Gasteiger partial charge in [0.15, 0.2) is 0 Å². The molecular weight excluding hydrogens is 127 g/mol. The van der Waals surface area contributed by atoms with Gasteiger partial charge in [-0.25, -0.2) is 0 Å². The number of hydrogen-bond acceptors (Lipinski definition) is 0. The number of rotatable bonds is 4. The first kappa shape index (κ1) is 13.7. The van der Waals surface area contributed by atoms with Crippen molar-refractivity contribution in [1.82, 2.24) is 0 Å². The average molecular weight is 144 g/mol. The second-order valence-electron chi connectivity index (χ2n) is 2.41. The molecule has 0 spiro atoms. The van der Waals surface area contributed by atoms with Crippen molar-refractivity contribution in [1.29, 1.82) is 0 Å². The minimum Gasteiger partial charge on any atom is -0.343 e. The first-order valence-electron chi connectivity index (χ1n) is 4.16. The Bertz CT molecular complexity index is 95.8. The summed E-state index contributed by atoms with van der Waals surface area (Å²) in [5, 5.41) is 0. The molecule has 0 fully saturated rings. The van der Waals surface area contributed by atoms with E-state index in [1.165, 1.54) is 12.8 Å². The fraction of sp³-hybridized carbons (Fsp3) is 0.700. The minimum absolute atomic E-state index is 0. The molecule has 0 aromatic rings. The summed E-state index contributed by atoms with van der Waals surface area (Å²) < 4.78 is 0. The Balaban J connectivity index is 0. The molecule has 0 nitrogen and oxygen atoms in total. The number of hydrogen-bond donors (Lipinski definition) is 0. The van der Waals surface area contributed by atoms with Crippen LogP contribution in [0.5, 0.6) is 0 Å². The van der Waals surface area contributed by atoms with E-state index in [1.54, 1.807) is 0 Å². The van der Waals surface area contributed by atoms with Crippen LogP contribution >= 0.6 is 0 Å². The maximum atomic E-state index is 3.75. The quantitative estimate of drug-likeness (QED) is 0.229. The molecule has 0 radical (unpaired) electrons. The Morgan fingerprint density at radius 1 is 1.09 bits per heavy atom. The summed E-state index contributed by atoms with van der Waals surface area (Å²) in [6.45, 7) is 5.94. The van der Waals surface area contributed by atoms with Crippen molar-refractivity contribution < 1.29 is 18.9 Å². The second-order valence-corrected chi connectivity index (χ2v) is 2.41. The zero-order chi connectivity index (χ0) is 7.66. The molecule has 0 aliphatic carbocycles. The van der Waals surface area contributed by atoms with Gasteiger partial charge in [0.2, 0.25) is 0 Å². The van der Waals surface area contributed by atoms with E-state index in [4.69, 9.17) is 0 Å². The van der Waals surface area contributed by atoms with Gasteiger partial charge in [0.1, 0.15) is 0 Å². The Morgan fingerprint density at radius 3 is 2.09 bits per heavy atom. The fourth-order valence-corrected chi connectivity index (χ4v) is 0.655. The molecule has 0 aromatic carbocycles. The van der Waals surface area contributed by atoms with Crippen LogP contribution in [0.25, 0.3) is 0 Å². The molecule has 0 N–H and O–H groups in total. The zero-order valence-corrected chi connectivity index (χ0v) is 7.95. The normalized spacial score (nSPS) is 7.82. The zero-order valence-electron chi connectivity index (χ0n) is 7.95. The number of unbranched alkanes of at least 4 members (excludes halogenated alkanes) is 4. The van der Waals surface area contributed by atoms with Crippen molar-refractivity contribution in [3.8, 4) is 11.8 Å². The van der Waals surface area contributed by atoms with Crippen molar-refractivity contribution in [2.45, 2.75) is 45.4 Å². The molecule has 0 heterocycles. The van der Waals surface area contributed by atoms with Crippen molar-refractivity contribution >= 4 is 0 Å². The van der Waals surface area contributed by atoms with E-state index in [0.29, 0.717) is 0 Å². The van der Waals surface area contributed by atoms with Crippen LogP contribution in [0.2, 0.25) is 0 Å². The van der Waals surface area contributed by atoms with Crippen LogP contribution in [0, 0.1) is 18.8 Å². The van der Waals surface area contributed by atoms with Crippen LogP contribution in [0.4, 0.5) is 0 Å². The molecule has 11 heavy (non-hydrogen) atoms. The molecule has 58 valence electrons. The standard InChI is InChI=1S/C10H17.Li/c1-3-5-7-9-10-8-6-4-2;/h1,3-8H2,2H3;/q-1;+1. The van der Waals surface area contributed by atoms with Gasteiger partial charge in [-0.05, 0) is 6.42 Å². The summed E-state index contributed by atoms with van der Waals surface area (Å²) in [6, 6.07) is 0. The predicted molar refractivity (Wildman–Crippen MR) is 46.5 cm³/mol. The maximum Gasteiger partial charge on any atom is 1.00 e. The van der Waals surface area contributed by atoms with Crippen LogP contribution in [0.3, 0.4) is 0 Å². The van der Waals surface area contributed by atoms with E-state index < -0.39 is 0 Å². The van der Waals surface area contributed by atoms with Gasteiger partial charge in [-0.3, -0.25) is 0 Å². The van der Waals surface area contributed by atoms with Gasteiger partial charge in [-0.2, -0.15) is 6.42 Å². The molecule has 0 aromatic heterocycles. The van der Waals surface area contributed by atoms with Crippen molar-refractivity contribution in [3.05, 3.63) is 6.92 Å². The van der Waals surface area contributed by atoms with Crippen LogP contribution in [0.1, 0.15) is 45.4 Å². The molecule has 0 unspecified atom stereocenters. The molecule has 0 rings (SSSR count). The van der Waals surface area contributed by atoms with Crippen molar-refractivity contribution in [3.63, 3.8) is 0 Å². The summed E-state index contributed by atoms with van der Waals surface area (Å²) in [6.07, 6.45) is 6.78. The third-order valence-electron chi connectivity index (χ3n) is 1.33. The van der Waals surface area contributed by atoms with Gasteiger partial charge in [-0.1, -0.05) is 19.8 Å². The summed E-state index contributed by atoms with van der Waals surface area (Å²) in [5.74, 6) is 6.27. The van der Waals surface area contributed by atoms with Crippen LogP contribution in [-0.2, 0) is 0 Å². The smallest absolute Gasteiger partial charge is 0.343 e. The topological polar surface area (TPSA) is 0 Å². The molecule has 0 atom stereocenters. The summed E-state index contributed by atoms with van der Waals surface area (Å²) in [7, 11) is 0. The summed E-state index contributed by atoms with van der Waals surface area (Å²) >= 11 is 0. The van der Waals surface area contributed by atoms with Crippen molar-refractivity contribution in [2.24, 2.45) is 0 Å². The first-order valence-corrected chi connectivity index (χ1v) is 4.16. The summed E-state index contributed by atoms with van der Waals surface area (Å²) in [5.41, 5.74) is 0. The van der Waals surface area contributed by atoms with E-state index in [0.717, 1.165) is 25.7 Å². The molecule has 0 saturated carbocycles. The Labute approximate surface area is 83.3 Å². The van der Waals surface area contributed by atoms with Gasteiger partial charge < -0.3 is 6.92 Å². The van der Waals surface area contributed by atoms with Crippen LogP contribution < -0.4 is 18.9 Å². The van der Waals surface area contributed by atoms with Gasteiger partial charge in [0.05, 0.1) is 0 Å². The van der Waals surface area contributed by atoms with Crippen molar-refractivity contribution in [2.75, 3.05) is 0 Å². The van der Waals surface area contributed by atoms with Gasteiger partial charge >= 0.3 is 18.9 Å². The van der Waals surface area contributed by atoms with Gasteiger partial charge in [0.25, 0.3) is 0 Å². The van der Waals surface area contributed by atoms with E-state index in [9.17, 15) is 0 Å². The maximum absolute atomic E-state index is 3.75. The molecule has 0 aliphatic heterocycles. The van der Waals surface area contributed by atoms with Gasteiger partial charge in [0, 0.05) is 12.8 Å². The van der Waals surface area contributed by atoms with Crippen LogP contribution in [-0.4, -0.2) is 0 Å². The molecule has 1 heteroatoms. The Hall–Kier alpha value is 0.157. The molecule has 0 bridgehead atoms. The molecular formula is C10H17Li. The second kappa shape index (κ2) is 12.8. The van der Waals surface area contributed by atoms with Crippen LogP contribution in [0.15, 0.2) is 0 Å². The van der Waals surface area contributed by atoms with E-state index >= 15 is 0 Å². The Kier molecular flexibility index (Phi) is 16.0. The van der Waals surface area contributed by atoms with Gasteiger partial charge in [-0.15, -0.1) is 11.8 Å². The third kappa shape index (κ3) is 13.2. The largest absolute Gasteiger partial charge is 1.00 e. The molecule has 0 saturated heterocycles. The van der Waals surface area contributed by atoms with E-state index in [-0.39, 0.29) is 18.9 Å². The van der Waals surface area contributed by atoms with E-state index in [2.05, 4.69) is 25.7 Å². The monoisotopic (exact) mass is 144 g/mol. The third-order valence-corrected chi connectivity index (χ3v) is 1.33. The minimum atomic E-state index is 0. The average Bonchev–Trinajstić information content (AvgIpc) is 1.97. The first-order chi connectivity index (χ1) is 4.91. The molecule has 0 amide bonds. The SMILES string of the molecule is [CH2-]CCCC#CCCCC.[Li+].